The molecule has 240 valence electrons. The Kier molecular flexibility index (Phi) is 8.91. The monoisotopic (exact) mass is 652 g/mol. The Morgan fingerprint density at radius 2 is 1.67 bits per heavy atom. The first-order chi connectivity index (χ1) is 21.6. The highest BCUT2D eigenvalue weighted by atomic mass is 32.2. The molecule has 1 unspecified atom stereocenters. The molecule has 1 atom stereocenters. The molecule has 0 aliphatic rings. The van der Waals surface area contributed by atoms with Gasteiger partial charge in [-0.05, 0) is 73.5 Å². The van der Waals surface area contributed by atoms with E-state index in [1.807, 2.05) is 36.4 Å². The number of alkyl halides is 3. The minimum Gasteiger partial charge on any atom is -0.440 e. The van der Waals surface area contributed by atoms with Gasteiger partial charge in [-0.1, -0.05) is 24.3 Å². The molecule has 0 fully saturated rings. The van der Waals surface area contributed by atoms with Gasteiger partial charge in [0.05, 0.1) is 11.3 Å². The topological polar surface area (TPSA) is 119 Å². The largest absolute Gasteiger partial charge is 0.573 e. The van der Waals surface area contributed by atoms with Gasteiger partial charge in [-0.3, -0.25) is 13.7 Å². The van der Waals surface area contributed by atoms with Gasteiger partial charge in [0.2, 0.25) is 0 Å². The molecular formula is C33H31F3N4O5S. The molecule has 2 heterocycles. The highest BCUT2D eigenvalue weighted by Gasteiger charge is 2.31. The van der Waals surface area contributed by atoms with Crippen molar-refractivity contribution in [3.05, 3.63) is 84.4 Å². The quantitative estimate of drug-likeness (QED) is 0.186. The van der Waals surface area contributed by atoms with Crippen LogP contribution < -0.4 is 10.1 Å². The summed E-state index contributed by atoms with van der Waals surface area (Å²) in [4.78, 5) is 18.1. The lowest BCUT2D eigenvalue weighted by Crippen LogP contribution is -2.38. The summed E-state index contributed by atoms with van der Waals surface area (Å²) in [6.45, 7) is 4.83. The van der Waals surface area contributed by atoms with Crippen molar-refractivity contribution >= 4 is 16.7 Å². The van der Waals surface area contributed by atoms with Crippen LogP contribution in [0.25, 0.3) is 45.0 Å². The third-order valence-electron chi connectivity index (χ3n) is 6.93. The Balaban J connectivity index is 1.65. The zero-order valence-corrected chi connectivity index (χ0v) is 26.4. The fourth-order valence-corrected chi connectivity index (χ4v) is 5.39. The van der Waals surface area contributed by atoms with Crippen LogP contribution in [0.3, 0.4) is 0 Å². The van der Waals surface area contributed by atoms with Crippen molar-refractivity contribution in [2.24, 2.45) is 7.05 Å². The number of halogens is 3. The van der Waals surface area contributed by atoms with Gasteiger partial charge < -0.3 is 19.6 Å². The van der Waals surface area contributed by atoms with E-state index >= 15 is 0 Å². The lowest BCUT2D eigenvalue weighted by molar-refractivity contribution is -0.274. The molecule has 0 aliphatic heterocycles. The molecule has 3 aromatic carbocycles. The summed E-state index contributed by atoms with van der Waals surface area (Å²) in [7, 11) is 0.477. The second-order valence-electron chi connectivity index (χ2n) is 11.3. The number of ether oxygens (including phenoxy) is 1. The smallest absolute Gasteiger partial charge is 0.440 e. The maximum absolute atomic E-state index is 12.9. The van der Waals surface area contributed by atoms with E-state index in [2.05, 4.69) is 20.1 Å². The molecular weight excluding hydrogens is 621 g/mol. The van der Waals surface area contributed by atoms with Crippen LogP contribution >= 0.6 is 0 Å². The number of benzene rings is 3. The van der Waals surface area contributed by atoms with E-state index < -0.39 is 28.7 Å². The molecule has 9 nitrogen and oxygen atoms in total. The second kappa shape index (κ2) is 12.6. The van der Waals surface area contributed by atoms with Crippen LogP contribution in [0.4, 0.5) is 13.2 Å². The zero-order valence-electron chi connectivity index (χ0n) is 25.6. The summed E-state index contributed by atoms with van der Waals surface area (Å²) in [5.74, 6) is -0.191. The number of aliphatic hydroxyl groups is 1. The molecule has 2 aromatic heterocycles. The summed E-state index contributed by atoms with van der Waals surface area (Å²) in [5.41, 5.74) is 3.20. The summed E-state index contributed by atoms with van der Waals surface area (Å²) >= 11 is 0. The lowest BCUT2D eigenvalue weighted by Gasteiger charge is -2.16. The Bertz CT molecular complexity index is 1920. The first kappa shape index (κ1) is 32.6. The van der Waals surface area contributed by atoms with Gasteiger partial charge in [-0.15, -0.1) is 13.2 Å². The van der Waals surface area contributed by atoms with Gasteiger partial charge >= 0.3 is 6.36 Å². The second-order valence-corrected chi connectivity index (χ2v) is 12.6. The van der Waals surface area contributed by atoms with Gasteiger partial charge in [-0.2, -0.15) is 5.10 Å². The molecule has 0 saturated heterocycles. The average molecular weight is 653 g/mol. The normalized spacial score (nSPS) is 12.6. The number of hydrogen-bond acceptors (Lipinski definition) is 7. The predicted molar refractivity (Wildman–Crippen MR) is 167 cm³/mol. The number of aryl methyl sites for hydroxylation is 2. The molecule has 5 aromatic rings. The number of nitrogens with one attached hydrogen (secondary N) is 1. The van der Waals surface area contributed by atoms with Crippen LogP contribution in [0, 0.1) is 6.92 Å². The van der Waals surface area contributed by atoms with E-state index in [-0.39, 0.29) is 18.0 Å². The van der Waals surface area contributed by atoms with Crippen LogP contribution in [0.15, 0.2) is 82.1 Å². The maximum atomic E-state index is 12.9. The standard InChI is InChI=1S/C33H31F3N4O5S/c1-19-38-29(20-9-12-23(13-10-20)45-33(34,35)36)30(44-19)26-16-22(21-7-6-8-24(15-21)46(5)43)11-14-25(26)28-17-27(39-40(28)4)31(41)37-18-32(2,3)42/h6-17,42H,18H2,1-5H3,(H,37,41). The van der Waals surface area contributed by atoms with Gasteiger partial charge in [0, 0.05) is 59.2 Å². The summed E-state index contributed by atoms with van der Waals surface area (Å²) < 4.78 is 62.3. The Morgan fingerprint density at radius 1 is 1.00 bits per heavy atom. The fraction of sp³-hybridized carbons (Fsp3) is 0.242. The van der Waals surface area contributed by atoms with Crippen LogP contribution in [0.2, 0.25) is 0 Å². The van der Waals surface area contributed by atoms with Crippen molar-refractivity contribution in [2.45, 2.75) is 37.6 Å². The van der Waals surface area contributed by atoms with E-state index in [9.17, 15) is 27.3 Å². The van der Waals surface area contributed by atoms with E-state index in [1.165, 1.54) is 24.3 Å². The number of nitrogens with zero attached hydrogens (tertiary/aromatic N) is 3. The number of oxazole rings is 1. The third-order valence-corrected chi connectivity index (χ3v) is 7.85. The maximum Gasteiger partial charge on any atom is 0.573 e. The number of aromatic nitrogens is 3. The zero-order chi connectivity index (χ0) is 33.4. The van der Waals surface area contributed by atoms with Crippen molar-refractivity contribution in [1.82, 2.24) is 20.1 Å². The number of carbonyl (C=O) groups excluding carboxylic acids is 1. The van der Waals surface area contributed by atoms with Crippen LogP contribution in [-0.2, 0) is 17.8 Å². The van der Waals surface area contributed by atoms with E-state index in [0.717, 1.165) is 11.1 Å². The van der Waals surface area contributed by atoms with Crippen molar-refractivity contribution < 1.29 is 36.4 Å². The molecule has 0 bridgehead atoms. The molecule has 5 rings (SSSR count). The Hall–Kier alpha value is -4.75. The minimum atomic E-state index is -4.83. The van der Waals surface area contributed by atoms with Crippen molar-refractivity contribution in [3.8, 4) is 50.7 Å². The van der Waals surface area contributed by atoms with Crippen molar-refractivity contribution in [2.75, 3.05) is 12.8 Å². The molecule has 0 saturated carbocycles. The number of rotatable bonds is 9. The summed E-state index contributed by atoms with van der Waals surface area (Å²) in [5, 5.41) is 17.1. The minimum absolute atomic E-state index is 0.0206. The molecule has 0 radical (unpaired) electrons. The molecule has 0 spiro atoms. The first-order valence-electron chi connectivity index (χ1n) is 14.0. The van der Waals surface area contributed by atoms with Gasteiger partial charge in [0.15, 0.2) is 17.3 Å². The first-order valence-corrected chi connectivity index (χ1v) is 15.6. The van der Waals surface area contributed by atoms with Gasteiger partial charge in [0.25, 0.3) is 5.91 Å². The van der Waals surface area contributed by atoms with Crippen LogP contribution in [-0.4, -0.2) is 54.8 Å². The van der Waals surface area contributed by atoms with Crippen LogP contribution in [0.1, 0.15) is 30.2 Å². The van der Waals surface area contributed by atoms with Crippen LogP contribution in [0.5, 0.6) is 5.75 Å². The lowest BCUT2D eigenvalue weighted by atomic mass is 9.94. The SMILES string of the molecule is Cc1nc(-c2ccc(OC(F)(F)F)cc2)c(-c2cc(-c3cccc(S(C)=O)c3)ccc2-c2cc(C(=O)NCC(C)(C)O)nn2C)o1. The Labute approximate surface area is 265 Å². The van der Waals surface area contributed by atoms with Crippen molar-refractivity contribution in [1.29, 1.82) is 0 Å². The molecule has 46 heavy (non-hydrogen) atoms. The molecule has 2 N–H and O–H groups in total. The predicted octanol–water partition coefficient (Wildman–Crippen LogP) is 6.52. The summed E-state index contributed by atoms with van der Waals surface area (Å²) in [6, 6.07) is 19.8. The third kappa shape index (κ3) is 7.54. The van der Waals surface area contributed by atoms with E-state index in [0.29, 0.717) is 44.6 Å². The molecule has 0 aliphatic carbocycles. The highest BCUT2D eigenvalue weighted by Crippen LogP contribution is 2.41. The number of carbonyl (C=O) groups is 1. The average Bonchev–Trinajstić information content (AvgIpc) is 3.57. The number of hydrogen-bond donors (Lipinski definition) is 2. The number of amides is 1. The van der Waals surface area contributed by atoms with E-state index in [1.54, 1.807) is 50.9 Å². The van der Waals surface area contributed by atoms with Gasteiger partial charge in [-0.25, -0.2) is 4.98 Å². The summed E-state index contributed by atoms with van der Waals surface area (Å²) in [6.07, 6.45) is -3.23. The molecule has 1 amide bonds. The Morgan fingerprint density at radius 3 is 2.33 bits per heavy atom. The van der Waals surface area contributed by atoms with Crippen molar-refractivity contribution in [3.63, 3.8) is 0 Å². The van der Waals surface area contributed by atoms with E-state index in [4.69, 9.17) is 4.42 Å². The highest BCUT2D eigenvalue weighted by molar-refractivity contribution is 7.84. The fourth-order valence-electron chi connectivity index (χ4n) is 4.83. The van der Waals surface area contributed by atoms with Gasteiger partial charge in [0.1, 0.15) is 11.4 Å². The molecule has 13 heteroatoms.